The second-order valence-corrected chi connectivity index (χ2v) is 4.09. The molecule has 3 nitrogen and oxygen atoms in total. The van der Waals surface area contributed by atoms with Crippen molar-refractivity contribution in [2.24, 2.45) is 0 Å². The standard InChI is InChI=1S/C15H11NO2/c17-14-12-9-5-4-8-11(12)13(15(18)16-14)10-6-2-1-3-7-10/h1-9H,(H2,16,17,18). The van der Waals surface area contributed by atoms with E-state index in [2.05, 4.69) is 4.98 Å². The zero-order valence-corrected chi connectivity index (χ0v) is 9.55. The predicted molar refractivity (Wildman–Crippen MR) is 71.7 cm³/mol. The molecular formula is C15H11NO2. The third kappa shape index (κ3) is 1.57. The van der Waals surface area contributed by atoms with Gasteiger partial charge >= 0.3 is 0 Å². The molecule has 0 aliphatic heterocycles. The van der Waals surface area contributed by atoms with E-state index in [1.54, 1.807) is 6.07 Å². The summed E-state index contributed by atoms with van der Waals surface area (Å²) in [5.74, 6) is -0.0877. The summed E-state index contributed by atoms with van der Waals surface area (Å²) in [6.45, 7) is 0. The average Bonchev–Trinajstić information content (AvgIpc) is 2.40. The fraction of sp³-hybridized carbons (Fsp3) is 0. The summed E-state index contributed by atoms with van der Waals surface area (Å²) in [4.78, 5) is 14.5. The quantitative estimate of drug-likeness (QED) is 0.683. The van der Waals surface area contributed by atoms with E-state index < -0.39 is 0 Å². The lowest BCUT2D eigenvalue weighted by Gasteiger charge is -2.07. The molecule has 0 fully saturated rings. The molecule has 3 heteroatoms. The summed E-state index contributed by atoms with van der Waals surface area (Å²) in [7, 11) is 0. The molecule has 0 aliphatic rings. The molecule has 1 heterocycles. The monoisotopic (exact) mass is 237 g/mol. The summed E-state index contributed by atoms with van der Waals surface area (Å²) in [5.41, 5.74) is 1.15. The first-order valence-corrected chi connectivity index (χ1v) is 5.67. The molecule has 3 aromatic rings. The number of rotatable bonds is 1. The predicted octanol–water partition coefficient (Wildman–Crippen LogP) is 2.90. The lowest BCUT2D eigenvalue weighted by molar-refractivity contribution is 0.459. The number of hydrogen-bond donors (Lipinski definition) is 2. The van der Waals surface area contributed by atoms with E-state index in [9.17, 15) is 9.90 Å². The van der Waals surface area contributed by atoms with E-state index in [1.165, 1.54) is 0 Å². The lowest BCUT2D eigenvalue weighted by atomic mass is 10.0. The summed E-state index contributed by atoms with van der Waals surface area (Å²) in [6.07, 6.45) is 0. The van der Waals surface area contributed by atoms with Crippen molar-refractivity contribution in [3.8, 4) is 17.0 Å². The number of aromatic nitrogens is 1. The molecular weight excluding hydrogens is 226 g/mol. The van der Waals surface area contributed by atoms with Crippen molar-refractivity contribution in [3.05, 3.63) is 65.0 Å². The van der Waals surface area contributed by atoms with E-state index in [0.717, 1.165) is 10.9 Å². The maximum atomic E-state index is 12.0. The van der Waals surface area contributed by atoms with Crippen molar-refractivity contribution < 1.29 is 5.11 Å². The average molecular weight is 237 g/mol. The Morgan fingerprint density at radius 1 is 0.833 bits per heavy atom. The van der Waals surface area contributed by atoms with Crippen LogP contribution in [0.2, 0.25) is 0 Å². The Hall–Kier alpha value is -2.55. The third-order valence-electron chi connectivity index (χ3n) is 2.97. The second-order valence-electron chi connectivity index (χ2n) is 4.09. The number of benzene rings is 2. The van der Waals surface area contributed by atoms with Crippen LogP contribution in [-0.2, 0) is 0 Å². The molecule has 2 N–H and O–H groups in total. The summed E-state index contributed by atoms with van der Waals surface area (Å²) < 4.78 is 0. The Bertz CT molecular complexity index is 760. The first kappa shape index (κ1) is 10.6. The Morgan fingerprint density at radius 2 is 1.44 bits per heavy atom. The van der Waals surface area contributed by atoms with Gasteiger partial charge in [-0.2, -0.15) is 0 Å². The van der Waals surface area contributed by atoms with Crippen LogP contribution in [0.1, 0.15) is 0 Å². The van der Waals surface area contributed by atoms with E-state index in [1.807, 2.05) is 48.5 Å². The smallest absolute Gasteiger partial charge is 0.259 e. The summed E-state index contributed by atoms with van der Waals surface area (Å²) >= 11 is 0. The first-order valence-electron chi connectivity index (χ1n) is 5.67. The molecule has 0 atom stereocenters. The minimum atomic E-state index is -0.280. The molecule has 1 aromatic heterocycles. The van der Waals surface area contributed by atoms with Crippen LogP contribution in [0, 0.1) is 0 Å². The Labute approximate surface area is 103 Å². The first-order chi connectivity index (χ1) is 8.77. The fourth-order valence-electron chi connectivity index (χ4n) is 2.16. The van der Waals surface area contributed by atoms with Crippen LogP contribution < -0.4 is 5.56 Å². The van der Waals surface area contributed by atoms with Gasteiger partial charge in [-0.25, -0.2) is 0 Å². The Kier molecular flexibility index (Phi) is 2.38. The fourth-order valence-corrected chi connectivity index (χ4v) is 2.16. The van der Waals surface area contributed by atoms with Crippen molar-refractivity contribution in [3.63, 3.8) is 0 Å². The zero-order chi connectivity index (χ0) is 12.5. The number of pyridine rings is 1. The van der Waals surface area contributed by atoms with Gasteiger partial charge in [-0.3, -0.25) is 9.78 Å². The molecule has 18 heavy (non-hydrogen) atoms. The van der Waals surface area contributed by atoms with Crippen LogP contribution in [0.4, 0.5) is 0 Å². The highest BCUT2D eigenvalue weighted by molar-refractivity contribution is 5.98. The molecule has 0 radical (unpaired) electrons. The molecule has 3 rings (SSSR count). The van der Waals surface area contributed by atoms with Crippen molar-refractivity contribution >= 4 is 10.8 Å². The third-order valence-corrected chi connectivity index (χ3v) is 2.97. The van der Waals surface area contributed by atoms with Crippen LogP contribution in [0.3, 0.4) is 0 Å². The molecule has 0 spiro atoms. The van der Waals surface area contributed by atoms with Crippen LogP contribution in [0.25, 0.3) is 21.9 Å². The molecule has 2 aromatic carbocycles. The second kappa shape index (κ2) is 4.04. The molecule has 0 saturated heterocycles. The summed E-state index contributed by atoms with van der Waals surface area (Å²) in [6, 6.07) is 16.7. The number of H-pyrrole nitrogens is 1. The molecule has 0 saturated carbocycles. The van der Waals surface area contributed by atoms with Gasteiger partial charge in [0, 0.05) is 10.8 Å². The van der Waals surface area contributed by atoms with Crippen LogP contribution in [-0.4, -0.2) is 10.1 Å². The van der Waals surface area contributed by atoms with Gasteiger partial charge < -0.3 is 5.11 Å². The van der Waals surface area contributed by atoms with Gasteiger partial charge in [0.15, 0.2) is 5.88 Å². The highest BCUT2D eigenvalue weighted by Crippen LogP contribution is 2.28. The Morgan fingerprint density at radius 3 is 2.17 bits per heavy atom. The molecule has 0 bridgehead atoms. The van der Waals surface area contributed by atoms with Crippen LogP contribution in [0.15, 0.2) is 59.4 Å². The highest BCUT2D eigenvalue weighted by Gasteiger charge is 2.11. The lowest BCUT2D eigenvalue weighted by Crippen LogP contribution is -2.09. The number of aromatic amines is 1. The van der Waals surface area contributed by atoms with Gasteiger partial charge in [0.1, 0.15) is 0 Å². The molecule has 0 amide bonds. The van der Waals surface area contributed by atoms with E-state index in [0.29, 0.717) is 10.9 Å². The van der Waals surface area contributed by atoms with Gasteiger partial charge in [-0.05, 0) is 11.6 Å². The molecule has 88 valence electrons. The normalized spacial score (nSPS) is 10.7. The number of fused-ring (bicyclic) bond motifs is 1. The van der Waals surface area contributed by atoms with Crippen molar-refractivity contribution in [2.45, 2.75) is 0 Å². The van der Waals surface area contributed by atoms with Gasteiger partial charge in [-0.1, -0.05) is 48.5 Å². The zero-order valence-electron chi connectivity index (χ0n) is 9.55. The van der Waals surface area contributed by atoms with Gasteiger partial charge in [0.25, 0.3) is 5.56 Å². The largest absolute Gasteiger partial charge is 0.494 e. The summed E-state index contributed by atoms with van der Waals surface area (Å²) in [5, 5.41) is 11.2. The highest BCUT2D eigenvalue weighted by atomic mass is 16.3. The van der Waals surface area contributed by atoms with Crippen molar-refractivity contribution in [1.29, 1.82) is 0 Å². The van der Waals surface area contributed by atoms with Crippen LogP contribution >= 0.6 is 0 Å². The van der Waals surface area contributed by atoms with E-state index in [4.69, 9.17) is 0 Å². The van der Waals surface area contributed by atoms with Gasteiger partial charge in [0.05, 0.1) is 5.56 Å². The van der Waals surface area contributed by atoms with Crippen LogP contribution in [0.5, 0.6) is 5.88 Å². The minimum absolute atomic E-state index is 0.0877. The van der Waals surface area contributed by atoms with Gasteiger partial charge in [0.2, 0.25) is 0 Å². The molecule has 0 aliphatic carbocycles. The number of hydrogen-bond acceptors (Lipinski definition) is 2. The Balaban J connectivity index is 2.46. The SMILES string of the molecule is O=c1[nH]c(O)c2ccccc2c1-c1ccccc1. The number of nitrogens with one attached hydrogen (secondary N) is 1. The topological polar surface area (TPSA) is 53.1 Å². The van der Waals surface area contributed by atoms with Gasteiger partial charge in [-0.15, -0.1) is 0 Å². The maximum absolute atomic E-state index is 12.0. The van der Waals surface area contributed by atoms with Crippen molar-refractivity contribution in [1.82, 2.24) is 4.98 Å². The van der Waals surface area contributed by atoms with E-state index >= 15 is 0 Å². The minimum Gasteiger partial charge on any atom is -0.494 e. The van der Waals surface area contributed by atoms with E-state index in [-0.39, 0.29) is 11.4 Å². The maximum Gasteiger partial charge on any atom is 0.259 e. The molecule has 0 unspecified atom stereocenters. The number of aromatic hydroxyl groups is 1. The van der Waals surface area contributed by atoms with Crippen molar-refractivity contribution in [2.75, 3.05) is 0 Å².